The zero-order valence-corrected chi connectivity index (χ0v) is 12.2. The molecule has 3 rings (SSSR count). The maximum Gasteiger partial charge on any atom is 0.137 e. The SMILES string of the molecule is CCc1ccc2ncnc(NCCCn3ccnc3)c2c1. The van der Waals surface area contributed by atoms with Crippen molar-refractivity contribution in [1.29, 1.82) is 0 Å². The fraction of sp³-hybridized carbons (Fsp3) is 0.312. The zero-order valence-electron chi connectivity index (χ0n) is 12.2. The molecule has 3 aromatic rings. The minimum atomic E-state index is 0.876. The predicted octanol–water partition coefficient (Wildman–Crippen LogP) is 2.89. The van der Waals surface area contributed by atoms with Gasteiger partial charge in [-0.05, 0) is 30.5 Å². The first-order valence-corrected chi connectivity index (χ1v) is 7.30. The highest BCUT2D eigenvalue weighted by Crippen LogP contribution is 2.20. The molecular weight excluding hydrogens is 262 g/mol. The smallest absolute Gasteiger partial charge is 0.137 e. The molecule has 5 nitrogen and oxygen atoms in total. The van der Waals surface area contributed by atoms with E-state index in [1.807, 2.05) is 12.5 Å². The van der Waals surface area contributed by atoms with Crippen molar-refractivity contribution >= 4 is 16.7 Å². The molecule has 0 fully saturated rings. The van der Waals surface area contributed by atoms with Gasteiger partial charge in [0.25, 0.3) is 0 Å². The standard InChI is InChI=1S/C16H19N5/c1-2-13-4-5-15-14(10-13)16(20-11-19-15)18-6-3-8-21-9-7-17-12-21/h4-5,7,9-12H,2-3,6,8H2,1H3,(H,18,19,20). The molecule has 5 heteroatoms. The summed E-state index contributed by atoms with van der Waals surface area (Å²) in [6.07, 6.45) is 9.28. The fourth-order valence-corrected chi connectivity index (χ4v) is 2.35. The molecule has 21 heavy (non-hydrogen) atoms. The van der Waals surface area contributed by atoms with Crippen LogP contribution in [0.25, 0.3) is 10.9 Å². The maximum absolute atomic E-state index is 4.38. The van der Waals surface area contributed by atoms with Crippen molar-refractivity contribution in [1.82, 2.24) is 19.5 Å². The Morgan fingerprint density at radius 3 is 3.00 bits per heavy atom. The van der Waals surface area contributed by atoms with E-state index in [2.05, 4.69) is 50.0 Å². The van der Waals surface area contributed by atoms with Crippen LogP contribution < -0.4 is 5.32 Å². The van der Waals surface area contributed by atoms with Crippen molar-refractivity contribution in [3.63, 3.8) is 0 Å². The van der Waals surface area contributed by atoms with E-state index in [1.54, 1.807) is 12.5 Å². The second-order valence-electron chi connectivity index (χ2n) is 5.01. The van der Waals surface area contributed by atoms with E-state index in [4.69, 9.17) is 0 Å². The van der Waals surface area contributed by atoms with E-state index in [9.17, 15) is 0 Å². The van der Waals surface area contributed by atoms with Gasteiger partial charge in [-0.3, -0.25) is 0 Å². The summed E-state index contributed by atoms with van der Waals surface area (Å²) in [5.41, 5.74) is 2.29. The van der Waals surface area contributed by atoms with Crippen molar-refractivity contribution in [2.45, 2.75) is 26.3 Å². The molecule has 0 amide bonds. The van der Waals surface area contributed by atoms with Gasteiger partial charge >= 0.3 is 0 Å². The molecule has 1 aromatic carbocycles. The van der Waals surface area contributed by atoms with Gasteiger partial charge in [0.15, 0.2) is 0 Å². The van der Waals surface area contributed by atoms with Crippen LogP contribution in [0, 0.1) is 0 Å². The van der Waals surface area contributed by atoms with Crippen LogP contribution in [-0.4, -0.2) is 26.1 Å². The highest BCUT2D eigenvalue weighted by Gasteiger charge is 2.04. The number of fused-ring (bicyclic) bond motifs is 1. The first-order valence-electron chi connectivity index (χ1n) is 7.30. The Bertz CT molecular complexity index is 706. The highest BCUT2D eigenvalue weighted by molar-refractivity contribution is 5.89. The molecule has 0 radical (unpaired) electrons. The van der Waals surface area contributed by atoms with Crippen molar-refractivity contribution in [3.05, 3.63) is 48.8 Å². The lowest BCUT2D eigenvalue weighted by Crippen LogP contribution is -2.07. The molecule has 0 unspecified atom stereocenters. The van der Waals surface area contributed by atoms with Gasteiger partial charge in [-0.1, -0.05) is 13.0 Å². The van der Waals surface area contributed by atoms with E-state index in [1.165, 1.54) is 5.56 Å². The topological polar surface area (TPSA) is 55.6 Å². The summed E-state index contributed by atoms with van der Waals surface area (Å²) >= 11 is 0. The van der Waals surface area contributed by atoms with Gasteiger partial charge in [-0.25, -0.2) is 15.0 Å². The van der Waals surface area contributed by atoms with Gasteiger partial charge in [0.05, 0.1) is 11.8 Å². The molecule has 0 spiro atoms. The minimum Gasteiger partial charge on any atom is -0.369 e. The van der Waals surface area contributed by atoms with Crippen LogP contribution in [0.15, 0.2) is 43.2 Å². The van der Waals surface area contributed by atoms with Crippen molar-refractivity contribution in [3.8, 4) is 0 Å². The van der Waals surface area contributed by atoms with Gasteiger partial charge in [0.2, 0.25) is 0 Å². The first-order chi connectivity index (χ1) is 10.4. The first kappa shape index (κ1) is 13.5. The third-order valence-electron chi connectivity index (χ3n) is 3.55. The van der Waals surface area contributed by atoms with E-state index >= 15 is 0 Å². The highest BCUT2D eigenvalue weighted by atomic mass is 15.0. The molecule has 0 aliphatic heterocycles. The van der Waals surface area contributed by atoms with Gasteiger partial charge in [0, 0.05) is 30.9 Å². The summed E-state index contributed by atoms with van der Waals surface area (Å²) in [6, 6.07) is 6.36. The Morgan fingerprint density at radius 1 is 1.24 bits per heavy atom. The van der Waals surface area contributed by atoms with Gasteiger partial charge in [-0.15, -0.1) is 0 Å². The lowest BCUT2D eigenvalue weighted by molar-refractivity contribution is 0.660. The number of nitrogens with one attached hydrogen (secondary N) is 1. The number of hydrogen-bond acceptors (Lipinski definition) is 4. The molecule has 108 valence electrons. The zero-order chi connectivity index (χ0) is 14.5. The molecule has 0 aliphatic carbocycles. The van der Waals surface area contributed by atoms with Crippen molar-refractivity contribution < 1.29 is 0 Å². The summed E-state index contributed by atoms with van der Waals surface area (Å²) in [4.78, 5) is 12.7. The Balaban J connectivity index is 1.68. The van der Waals surface area contributed by atoms with E-state index in [0.29, 0.717) is 0 Å². The predicted molar refractivity (Wildman–Crippen MR) is 84.2 cm³/mol. The van der Waals surface area contributed by atoms with Crippen LogP contribution in [0.5, 0.6) is 0 Å². The summed E-state index contributed by atoms with van der Waals surface area (Å²) in [7, 11) is 0. The quantitative estimate of drug-likeness (QED) is 0.706. The van der Waals surface area contributed by atoms with Crippen LogP contribution in [0.4, 0.5) is 5.82 Å². The average molecular weight is 281 g/mol. The number of rotatable bonds is 6. The third-order valence-corrected chi connectivity index (χ3v) is 3.55. The summed E-state index contributed by atoms with van der Waals surface area (Å²) in [5, 5.41) is 4.51. The molecule has 2 heterocycles. The number of imidazole rings is 1. The second kappa shape index (κ2) is 6.35. The summed E-state index contributed by atoms with van der Waals surface area (Å²) < 4.78 is 2.08. The van der Waals surface area contributed by atoms with Gasteiger partial charge in [-0.2, -0.15) is 0 Å². The number of hydrogen-bond donors (Lipinski definition) is 1. The number of aromatic nitrogens is 4. The average Bonchev–Trinajstić information content (AvgIpc) is 3.04. The van der Waals surface area contributed by atoms with Crippen LogP contribution in [0.1, 0.15) is 18.9 Å². The fourth-order valence-electron chi connectivity index (χ4n) is 2.35. The Labute approximate surface area is 124 Å². The molecule has 0 bridgehead atoms. The van der Waals surface area contributed by atoms with E-state index < -0.39 is 0 Å². The largest absolute Gasteiger partial charge is 0.369 e. The molecule has 0 saturated heterocycles. The molecular formula is C16H19N5. The molecule has 2 aromatic heterocycles. The number of anilines is 1. The maximum atomic E-state index is 4.38. The Kier molecular flexibility index (Phi) is 4.09. The Morgan fingerprint density at radius 2 is 2.19 bits per heavy atom. The van der Waals surface area contributed by atoms with E-state index in [-0.39, 0.29) is 0 Å². The van der Waals surface area contributed by atoms with Crippen LogP contribution in [0.2, 0.25) is 0 Å². The van der Waals surface area contributed by atoms with Crippen molar-refractivity contribution in [2.75, 3.05) is 11.9 Å². The van der Waals surface area contributed by atoms with E-state index in [0.717, 1.165) is 42.7 Å². The monoisotopic (exact) mass is 281 g/mol. The molecule has 1 N–H and O–H groups in total. The second-order valence-corrected chi connectivity index (χ2v) is 5.01. The molecule has 0 aliphatic rings. The van der Waals surface area contributed by atoms with Crippen LogP contribution >= 0.6 is 0 Å². The summed E-state index contributed by atoms with van der Waals surface area (Å²) in [5.74, 6) is 0.918. The van der Waals surface area contributed by atoms with Crippen LogP contribution in [0.3, 0.4) is 0 Å². The normalized spacial score (nSPS) is 10.9. The van der Waals surface area contributed by atoms with Gasteiger partial charge in [0.1, 0.15) is 12.1 Å². The lowest BCUT2D eigenvalue weighted by atomic mass is 10.1. The number of nitrogens with zero attached hydrogens (tertiary/aromatic N) is 4. The number of benzene rings is 1. The molecule has 0 saturated carbocycles. The lowest BCUT2D eigenvalue weighted by Gasteiger charge is -2.09. The van der Waals surface area contributed by atoms with Gasteiger partial charge < -0.3 is 9.88 Å². The Hall–Kier alpha value is -2.43. The van der Waals surface area contributed by atoms with Crippen LogP contribution in [-0.2, 0) is 13.0 Å². The molecule has 0 atom stereocenters. The number of aryl methyl sites for hydroxylation is 2. The minimum absolute atomic E-state index is 0.876. The van der Waals surface area contributed by atoms with Crippen molar-refractivity contribution in [2.24, 2.45) is 0 Å². The third kappa shape index (κ3) is 3.18. The summed E-state index contributed by atoms with van der Waals surface area (Å²) in [6.45, 7) is 3.99.